The van der Waals surface area contributed by atoms with Crippen LogP contribution in [0.15, 0.2) is 16.9 Å². The number of halogens is 1. The molecule has 0 spiro atoms. The molecule has 0 fully saturated rings. The molecule has 0 radical (unpaired) electrons. The van der Waals surface area contributed by atoms with Crippen LogP contribution in [0.2, 0.25) is 0 Å². The van der Waals surface area contributed by atoms with Crippen molar-refractivity contribution in [1.82, 2.24) is 4.98 Å². The predicted octanol–water partition coefficient (Wildman–Crippen LogP) is 4.31. The highest BCUT2D eigenvalue weighted by molar-refractivity contribution is 9.10. The van der Waals surface area contributed by atoms with E-state index >= 15 is 0 Å². The molecule has 1 aromatic heterocycles. The second-order valence-corrected chi connectivity index (χ2v) is 5.32. The Kier molecular flexibility index (Phi) is 6.33. The van der Waals surface area contributed by atoms with Gasteiger partial charge in [-0.2, -0.15) is 0 Å². The molecular weight excluding hydrogens is 292 g/mol. The van der Waals surface area contributed by atoms with Crippen molar-refractivity contribution in [2.75, 3.05) is 5.32 Å². The van der Waals surface area contributed by atoms with Gasteiger partial charge < -0.3 is 5.32 Å². The molecule has 0 saturated carbocycles. The van der Waals surface area contributed by atoms with Crippen LogP contribution >= 0.6 is 15.9 Å². The zero-order valence-corrected chi connectivity index (χ0v) is 12.9. The molecule has 1 atom stereocenters. The number of anilines is 1. The molecule has 1 amide bonds. The van der Waals surface area contributed by atoms with Crippen molar-refractivity contribution in [3.05, 3.63) is 22.4 Å². The number of amides is 1. The van der Waals surface area contributed by atoms with Crippen LogP contribution in [0, 0.1) is 12.8 Å². The summed E-state index contributed by atoms with van der Waals surface area (Å²) in [7, 11) is 0. The number of rotatable bonds is 6. The van der Waals surface area contributed by atoms with E-state index in [2.05, 4.69) is 40.1 Å². The Morgan fingerprint density at radius 1 is 1.50 bits per heavy atom. The number of pyridine rings is 1. The SMILES string of the molecule is CCCCC(CC)C(=O)Nc1cnc(Br)c(C)c1. The van der Waals surface area contributed by atoms with E-state index in [1.807, 2.05) is 13.0 Å². The van der Waals surface area contributed by atoms with Gasteiger partial charge in [0.25, 0.3) is 0 Å². The smallest absolute Gasteiger partial charge is 0.227 e. The van der Waals surface area contributed by atoms with E-state index in [9.17, 15) is 4.79 Å². The van der Waals surface area contributed by atoms with Crippen molar-refractivity contribution < 1.29 is 4.79 Å². The minimum Gasteiger partial charge on any atom is -0.324 e. The highest BCUT2D eigenvalue weighted by Crippen LogP contribution is 2.19. The lowest BCUT2D eigenvalue weighted by Crippen LogP contribution is -2.22. The normalized spacial score (nSPS) is 12.2. The van der Waals surface area contributed by atoms with Gasteiger partial charge in [0.15, 0.2) is 0 Å². The van der Waals surface area contributed by atoms with Crippen molar-refractivity contribution in [1.29, 1.82) is 0 Å². The maximum Gasteiger partial charge on any atom is 0.227 e. The zero-order valence-electron chi connectivity index (χ0n) is 11.3. The lowest BCUT2D eigenvalue weighted by Gasteiger charge is -2.14. The van der Waals surface area contributed by atoms with Gasteiger partial charge in [0.1, 0.15) is 4.60 Å². The van der Waals surface area contributed by atoms with Gasteiger partial charge in [0.05, 0.1) is 11.9 Å². The van der Waals surface area contributed by atoms with Gasteiger partial charge in [-0.25, -0.2) is 4.98 Å². The maximum atomic E-state index is 12.1. The van der Waals surface area contributed by atoms with Gasteiger partial charge in [-0.05, 0) is 47.3 Å². The number of nitrogens with zero attached hydrogens (tertiary/aromatic N) is 1. The first-order chi connectivity index (χ1) is 8.58. The molecular formula is C14H21BrN2O. The Hall–Kier alpha value is -0.900. The molecule has 3 nitrogen and oxygen atoms in total. The number of aromatic nitrogens is 1. The highest BCUT2D eigenvalue weighted by atomic mass is 79.9. The van der Waals surface area contributed by atoms with Crippen LogP contribution in [0.4, 0.5) is 5.69 Å². The Morgan fingerprint density at radius 2 is 2.22 bits per heavy atom. The standard InChI is InChI=1S/C14H21BrN2O/c1-4-6-7-11(5-2)14(18)17-12-8-10(3)13(15)16-9-12/h8-9,11H,4-7H2,1-3H3,(H,17,18). The molecule has 0 aliphatic heterocycles. The van der Waals surface area contributed by atoms with E-state index < -0.39 is 0 Å². The number of unbranched alkanes of at least 4 members (excludes halogenated alkanes) is 1. The molecule has 1 aromatic rings. The van der Waals surface area contributed by atoms with Gasteiger partial charge >= 0.3 is 0 Å². The van der Waals surface area contributed by atoms with Crippen LogP contribution in [0.1, 0.15) is 45.1 Å². The molecule has 0 saturated heterocycles. The average Bonchev–Trinajstić information content (AvgIpc) is 2.35. The fraction of sp³-hybridized carbons (Fsp3) is 0.571. The van der Waals surface area contributed by atoms with Crippen LogP contribution in [0.25, 0.3) is 0 Å². The number of hydrogen-bond donors (Lipinski definition) is 1. The molecule has 0 aliphatic carbocycles. The molecule has 0 aliphatic rings. The van der Waals surface area contributed by atoms with E-state index in [4.69, 9.17) is 0 Å². The summed E-state index contributed by atoms with van der Waals surface area (Å²) in [4.78, 5) is 16.3. The molecule has 0 bridgehead atoms. The van der Waals surface area contributed by atoms with Gasteiger partial charge in [0, 0.05) is 5.92 Å². The van der Waals surface area contributed by atoms with Crippen LogP contribution in [0.3, 0.4) is 0 Å². The summed E-state index contributed by atoms with van der Waals surface area (Å²) in [5, 5.41) is 2.95. The molecule has 4 heteroatoms. The third kappa shape index (κ3) is 4.41. The largest absolute Gasteiger partial charge is 0.324 e. The summed E-state index contributed by atoms with van der Waals surface area (Å²) in [6.07, 6.45) is 5.75. The van der Waals surface area contributed by atoms with Gasteiger partial charge in [-0.3, -0.25) is 4.79 Å². The number of hydrogen-bond acceptors (Lipinski definition) is 2. The molecule has 1 rings (SSSR count). The Morgan fingerprint density at radius 3 is 2.78 bits per heavy atom. The third-order valence-corrected chi connectivity index (χ3v) is 3.88. The van der Waals surface area contributed by atoms with Crippen LogP contribution in [-0.2, 0) is 4.79 Å². The number of carbonyl (C=O) groups is 1. The summed E-state index contributed by atoms with van der Waals surface area (Å²) in [6.45, 7) is 6.17. The van der Waals surface area contributed by atoms with E-state index in [0.717, 1.165) is 41.5 Å². The highest BCUT2D eigenvalue weighted by Gasteiger charge is 2.16. The molecule has 1 heterocycles. The van der Waals surface area contributed by atoms with Gasteiger partial charge in [0.2, 0.25) is 5.91 Å². The first-order valence-corrected chi connectivity index (χ1v) is 7.30. The lowest BCUT2D eigenvalue weighted by atomic mass is 9.98. The quantitative estimate of drug-likeness (QED) is 0.795. The lowest BCUT2D eigenvalue weighted by molar-refractivity contribution is -0.120. The van der Waals surface area contributed by atoms with Crippen molar-refractivity contribution in [3.8, 4) is 0 Å². The van der Waals surface area contributed by atoms with Crippen LogP contribution in [-0.4, -0.2) is 10.9 Å². The minimum absolute atomic E-state index is 0.105. The summed E-state index contributed by atoms with van der Waals surface area (Å²) >= 11 is 3.35. The topological polar surface area (TPSA) is 42.0 Å². The van der Waals surface area contributed by atoms with Crippen molar-refractivity contribution in [2.24, 2.45) is 5.92 Å². The molecule has 1 unspecified atom stereocenters. The van der Waals surface area contributed by atoms with E-state index in [0.29, 0.717) is 0 Å². The molecule has 18 heavy (non-hydrogen) atoms. The number of aryl methyl sites for hydroxylation is 1. The third-order valence-electron chi connectivity index (χ3n) is 3.05. The summed E-state index contributed by atoms with van der Waals surface area (Å²) in [6, 6.07) is 1.93. The van der Waals surface area contributed by atoms with Crippen LogP contribution < -0.4 is 5.32 Å². The van der Waals surface area contributed by atoms with E-state index in [1.54, 1.807) is 6.20 Å². The fourth-order valence-corrected chi connectivity index (χ4v) is 2.06. The number of carbonyl (C=O) groups excluding carboxylic acids is 1. The van der Waals surface area contributed by atoms with E-state index in [-0.39, 0.29) is 11.8 Å². The second kappa shape index (κ2) is 7.52. The predicted molar refractivity (Wildman–Crippen MR) is 78.6 cm³/mol. The fourth-order valence-electron chi connectivity index (χ4n) is 1.84. The van der Waals surface area contributed by atoms with Crippen LogP contribution in [0.5, 0.6) is 0 Å². The Balaban J connectivity index is 2.64. The van der Waals surface area contributed by atoms with Gasteiger partial charge in [-0.1, -0.05) is 26.7 Å². The first kappa shape index (κ1) is 15.2. The Labute approximate surface area is 118 Å². The van der Waals surface area contributed by atoms with Crippen molar-refractivity contribution in [2.45, 2.75) is 46.5 Å². The summed E-state index contributed by atoms with van der Waals surface area (Å²) in [5.74, 6) is 0.211. The number of nitrogens with one attached hydrogen (secondary N) is 1. The summed E-state index contributed by atoms with van der Waals surface area (Å²) < 4.78 is 0.818. The molecule has 1 N–H and O–H groups in total. The van der Waals surface area contributed by atoms with E-state index in [1.165, 1.54) is 0 Å². The van der Waals surface area contributed by atoms with Crippen molar-refractivity contribution >= 4 is 27.5 Å². The van der Waals surface area contributed by atoms with Crippen molar-refractivity contribution in [3.63, 3.8) is 0 Å². The Bertz CT molecular complexity index is 407. The zero-order chi connectivity index (χ0) is 13.5. The second-order valence-electron chi connectivity index (χ2n) is 4.57. The summed E-state index contributed by atoms with van der Waals surface area (Å²) in [5.41, 5.74) is 1.80. The maximum absolute atomic E-state index is 12.1. The minimum atomic E-state index is 0.105. The first-order valence-electron chi connectivity index (χ1n) is 6.51. The molecule has 100 valence electrons. The average molecular weight is 313 g/mol. The molecule has 0 aromatic carbocycles. The monoisotopic (exact) mass is 312 g/mol. The van der Waals surface area contributed by atoms with Gasteiger partial charge in [-0.15, -0.1) is 0 Å².